The van der Waals surface area contributed by atoms with Crippen LogP contribution < -0.4 is 5.32 Å². The Bertz CT molecular complexity index is 749. The minimum absolute atomic E-state index is 0.189. The van der Waals surface area contributed by atoms with Gasteiger partial charge in [-0.1, -0.05) is 19.1 Å². The molecule has 0 aliphatic heterocycles. The number of hydrogen-bond donors (Lipinski definition) is 1. The molecule has 1 atom stereocenters. The van der Waals surface area contributed by atoms with E-state index in [0.29, 0.717) is 11.3 Å². The molecule has 1 unspecified atom stereocenters. The van der Waals surface area contributed by atoms with E-state index in [0.717, 1.165) is 17.5 Å². The summed E-state index contributed by atoms with van der Waals surface area (Å²) >= 11 is 0. The van der Waals surface area contributed by atoms with E-state index in [2.05, 4.69) is 5.32 Å². The van der Waals surface area contributed by atoms with Gasteiger partial charge in [-0.25, -0.2) is 8.78 Å². The zero-order chi connectivity index (χ0) is 14.8. The van der Waals surface area contributed by atoms with Crippen molar-refractivity contribution in [3.8, 4) is 0 Å². The monoisotopic (exact) mass is 287 g/mol. The average molecular weight is 287 g/mol. The fourth-order valence-corrected chi connectivity index (χ4v) is 2.42. The zero-order valence-corrected chi connectivity index (χ0v) is 11.6. The third-order valence-electron chi connectivity index (χ3n) is 3.39. The van der Waals surface area contributed by atoms with Crippen LogP contribution in [0.25, 0.3) is 11.0 Å². The van der Waals surface area contributed by atoms with Gasteiger partial charge in [0, 0.05) is 5.39 Å². The van der Waals surface area contributed by atoms with Crippen molar-refractivity contribution >= 4 is 11.0 Å². The summed E-state index contributed by atoms with van der Waals surface area (Å²) in [6, 6.07) is 12.3. The molecule has 0 radical (unpaired) electrons. The minimum Gasteiger partial charge on any atom is -0.459 e. The predicted molar refractivity (Wildman–Crippen MR) is 78.1 cm³/mol. The van der Waals surface area contributed by atoms with Crippen molar-refractivity contribution in [3.05, 3.63) is 71.5 Å². The summed E-state index contributed by atoms with van der Waals surface area (Å²) in [6.07, 6.45) is 0. The van der Waals surface area contributed by atoms with Gasteiger partial charge < -0.3 is 9.73 Å². The second-order valence-electron chi connectivity index (χ2n) is 4.87. The van der Waals surface area contributed by atoms with E-state index in [1.165, 1.54) is 24.3 Å². The van der Waals surface area contributed by atoms with Crippen molar-refractivity contribution < 1.29 is 13.2 Å². The SMILES string of the molecule is CCNC(c1ccc(F)cc1)c1cc2cc(F)ccc2o1. The van der Waals surface area contributed by atoms with E-state index in [4.69, 9.17) is 4.42 Å². The van der Waals surface area contributed by atoms with Crippen molar-refractivity contribution in [2.24, 2.45) is 0 Å². The lowest BCUT2D eigenvalue weighted by molar-refractivity contribution is 0.476. The summed E-state index contributed by atoms with van der Waals surface area (Å²) < 4.78 is 32.1. The van der Waals surface area contributed by atoms with Gasteiger partial charge in [0.1, 0.15) is 23.0 Å². The molecule has 108 valence electrons. The number of halogens is 2. The first-order valence-electron chi connectivity index (χ1n) is 6.85. The molecule has 2 nitrogen and oxygen atoms in total. The summed E-state index contributed by atoms with van der Waals surface area (Å²) in [4.78, 5) is 0. The Hall–Kier alpha value is -2.20. The van der Waals surface area contributed by atoms with E-state index in [9.17, 15) is 8.78 Å². The lowest BCUT2D eigenvalue weighted by atomic mass is 10.0. The molecule has 4 heteroatoms. The van der Waals surface area contributed by atoms with Crippen LogP contribution >= 0.6 is 0 Å². The van der Waals surface area contributed by atoms with Crippen molar-refractivity contribution in [1.29, 1.82) is 0 Å². The quantitative estimate of drug-likeness (QED) is 0.769. The van der Waals surface area contributed by atoms with Crippen LogP contribution in [0.15, 0.2) is 52.9 Å². The third-order valence-corrected chi connectivity index (χ3v) is 3.39. The van der Waals surface area contributed by atoms with Crippen LogP contribution in [0, 0.1) is 11.6 Å². The van der Waals surface area contributed by atoms with E-state index < -0.39 is 0 Å². The highest BCUT2D eigenvalue weighted by molar-refractivity contribution is 5.78. The third kappa shape index (κ3) is 2.81. The van der Waals surface area contributed by atoms with Crippen LogP contribution in [0.1, 0.15) is 24.3 Å². The van der Waals surface area contributed by atoms with Crippen LogP contribution in [0.2, 0.25) is 0 Å². The van der Waals surface area contributed by atoms with Crippen molar-refractivity contribution in [1.82, 2.24) is 5.32 Å². The van der Waals surface area contributed by atoms with Gasteiger partial charge in [0.25, 0.3) is 0 Å². The molecule has 0 saturated heterocycles. The molecule has 0 amide bonds. The molecular formula is C17H15F2NO. The van der Waals surface area contributed by atoms with Crippen LogP contribution in [0.3, 0.4) is 0 Å². The number of benzene rings is 2. The maximum atomic E-state index is 13.3. The Labute approximate surface area is 121 Å². The van der Waals surface area contributed by atoms with E-state index in [1.807, 2.05) is 13.0 Å². The van der Waals surface area contributed by atoms with Gasteiger partial charge in [0.05, 0.1) is 6.04 Å². The highest BCUT2D eigenvalue weighted by atomic mass is 19.1. The number of fused-ring (bicyclic) bond motifs is 1. The van der Waals surface area contributed by atoms with Gasteiger partial charge in [-0.05, 0) is 48.5 Å². The van der Waals surface area contributed by atoms with Crippen LogP contribution in [0.4, 0.5) is 8.78 Å². The Morgan fingerprint density at radius 1 is 1.00 bits per heavy atom. The first kappa shape index (κ1) is 13.8. The molecule has 0 fully saturated rings. The number of rotatable bonds is 4. The van der Waals surface area contributed by atoms with Gasteiger partial charge in [-0.3, -0.25) is 0 Å². The minimum atomic E-state index is -0.295. The standard InChI is InChI=1S/C17H15F2NO/c1-2-20-17(11-3-5-13(18)6-4-11)16-10-12-9-14(19)7-8-15(12)21-16/h3-10,17,20H,2H2,1H3. The second-order valence-corrected chi connectivity index (χ2v) is 4.87. The molecule has 3 rings (SSSR count). The molecule has 0 saturated carbocycles. The Balaban J connectivity index is 2.04. The maximum Gasteiger partial charge on any atom is 0.134 e. The molecule has 2 aromatic carbocycles. The largest absolute Gasteiger partial charge is 0.459 e. The summed E-state index contributed by atoms with van der Waals surface area (Å²) in [5, 5.41) is 4.02. The predicted octanol–water partition coefficient (Wildman–Crippen LogP) is 4.41. The summed E-state index contributed by atoms with van der Waals surface area (Å²) in [5.41, 5.74) is 1.54. The van der Waals surface area contributed by atoms with Crippen molar-refractivity contribution in [3.63, 3.8) is 0 Å². The van der Waals surface area contributed by atoms with Gasteiger partial charge >= 0.3 is 0 Å². The molecule has 3 aromatic rings. The molecule has 1 heterocycles. The molecule has 1 N–H and O–H groups in total. The Morgan fingerprint density at radius 2 is 1.71 bits per heavy atom. The zero-order valence-electron chi connectivity index (χ0n) is 11.6. The average Bonchev–Trinajstić information content (AvgIpc) is 2.88. The fourth-order valence-electron chi connectivity index (χ4n) is 2.42. The van der Waals surface area contributed by atoms with Gasteiger partial charge in [-0.15, -0.1) is 0 Å². The van der Waals surface area contributed by atoms with E-state index >= 15 is 0 Å². The number of nitrogens with one attached hydrogen (secondary N) is 1. The van der Waals surface area contributed by atoms with E-state index in [1.54, 1.807) is 18.2 Å². The Morgan fingerprint density at radius 3 is 2.43 bits per heavy atom. The smallest absolute Gasteiger partial charge is 0.134 e. The molecule has 0 spiro atoms. The first-order chi connectivity index (χ1) is 10.2. The highest BCUT2D eigenvalue weighted by Crippen LogP contribution is 2.28. The normalized spacial score (nSPS) is 12.7. The van der Waals surface area contributed by atoms with Gasteiger partial charge in [-0.2, -0.15) is 0 Å². The molecular weight excluding hydrogens is 272 g/mol. The van der Waals surface area contributed by atoms with Crippen molar-refractivity contribution in [2.45, 2.75) is 13.0 Å². The second kappa shape index (κ2) is 5.66. The Kier molecular flexibility index (Phi) is 3.71. The van der Waals surface area contributed by atoms with Crippen LogP contribution in [-0.4, -0.2) is 6.54 Å². The molecule has 1 aromatic heterocycles. The van der Waals surface area contributed by atoms with E-state index in [-0.39, 0.29) is 17.7 Å². The molecule has 0 aliphatic rings. The lowest BCUT2D eigenvalue weighted by Gasteiger charge is -2.15. The highest BCUT2D eigenvalue weighted by Gasteiger charge is 2.18. The van der Waals surface area contributed by atoms with Crippen LogP contribution in [-0.2, 0) is 0 Å². The first-order valence-corrected chi connectivity index (χ1v) is 6.85. The number of hydrogen-bond acceptors (Lipinski definition) is 2. The van der Waals surface area contributed by atoms with Crippen LogP contribution in [0.5, 0.6) is 0 Å². The summed E-state index contributed by atoms with van der Waals surface area (Å²) in [6.45, 7) is 2.71. The molecule has 0 bridgehead atoms. The van der Waals surface area contributed by atoms with Crippen molar-refractivity contribution in [2.75, 3.05) is 6.54 Å². The van der Waals surface area contributed by atoms with Gasteiger partial charge in [0.15, 0.2) is 0 Å². The molecule has 0 aliphatic carbocycles. The number of furan rings is 1. The fraction of sp³-hybridized carbons (Fsp3) is 0.176. The summed E-state index contributed by atoms with van der Waals surface area (Å²) in [7, 11) is 0. The van der Waals surface area contributed by atoms with Gasteiger partial charge in [0.2, 0.25) is 0 Å². The summed E-state index contributed by atoms with van der Waals surface area (Å²) in [5.74, 6) is 0.112. The topological polar surface area (TPSA) is 25.2 Å². The maximum absolute atomic E-state index is 13.3. The lowest BCUT2D eigenvalue weighted by Crippen LogP contribution is -2.21. The molecule has 21 heavy (non-hydrogen) atoms.